The Labute approximate surface area is 177 Å². The molecule has 8 nitrogen and oxygen atoms in total. The number of hydrogen-bond donors (Lipinski definition) is 4. The Morgan fingerprint density at radius 3 is 1.61 bits per heavy atom. The van der Waals surface area contributed by atoms with Gasteiger partial charge in [0, 0.05) is 32.9 Å². The van der Waals surface area contributed by atoms with Gasteiger partial charge in [-0.05, 0) is 36.4 Å². The van der Waals surface area contributed by atoms with Crippen LogP contribution in [0.5, 0.6) is 11.5 Å². The maximum Gasteiger partial charge on any atom is 0.240 e. The van der Waals surface area contributed by atoms with Gasteiger partial charge in [0.25, 0.3) is 0 Å². The third-order valence-electron chi connectivity index (χ3n) is 3.34. The van der Waals surface area contributed by atoms with Crippen LogP contribution in [0.25, 0.3) is 0 Å². The Morgan fingerprint density at radius 1 is 0.821 bits per heavy atom. The molecule has 0 heterocycles. The van der Waals surface area contributed by atoms with Crippen molar-refractivity contribution in [2.24, 2.45) is 10.2 Å². The quantitative estimate of drug-likeness (QED) is 0.337. The van der Waals surface area contributed by atoms with Crippen molar-refractivity contribution in [2.75, 3.05) is 0 Å². The topological polar surface area (TPSA) is 123 Å². The van der Waals surface area contributed by atoms with Crippen LogP contribution in [-0.2, 0) is 9.59 Å². The number of benzene rings is 2. The Kier molecular flexibility index (Phi) is 8.15. The van der Waals surface area contributed by atoms with Crippen LogP contribution >= 0.6 is 31.9 Å². The van der Waals surface area contributed by atoms with E-state index in [2.05, 4.69) is 52.9 Å². The number of aromatic hydroxyl groups is 2. The molecule has 146 valence electrons. The summed E-state index contributed by atoms with van der Waals surface area (Å²) in [6, 6.07) is 9.60. The van der Waals surface area contributed by atoms with E-state index in [4.69, 9.17) is 0 Å². The smallest absolute Gasteiger partial charge is 0.240 e. The first-order chi connectivity index (χ1) is 13.3. The minimum Gasteiger partial charge on any atom is -0.507 e. The summed E-state index contributed by atoms with van der Waals surface area (Å²) in [5.74, 6) is -0.881. The van der Waals surface area contributed by atoms with E-state index in [1.165, 1.54) is 24.6 Å². The van der Waals surface area contributed by atoms with Crippen LogP contribution in [0.15, 0.2) is 55.5 Å². The van der Waals surface area contributed by atoms with E-state index in [0.29, 0.717) is 11.1 Å². The van der Waals surface area contributed by atoms with E-state index in [-0.39, 0.29) is 24.3 Å². The number of phenolic OH excluding ortho intramolecular Hbond substituents is 2. The lowest BCUT2D eigenvalue weighted by atomic mass is 10.2. The minimum atomic E-state index is -0.463. The summed E-state index contributed by atoms with van der Waals surface area (Å²) in [7, 11) is 0. The van der Waals surface area contributed by atoms with Crippen molar-refractivity contribution in [1.82, 2.24) is 10.9 Å². The second-order valence-corrected chi connectivity index (χ2v) is 7.32. The summed E-state index contributed by atoms with van der Waals surface area (Å²) < 4.78 is 1.51. The summed E-state index contributed by atoms with van der Waals surface area (Å²) in [5.41, 5.74) is 5.41. The summed E-state index contributed by atoms with van der Waals surface area (Å²) in [4.78, 5) is 23.4. The van der Waals surface area contributed by atoms with Crippen LogP contribution < -0.4 is 10.9 Å². The van der Waals surface area contributed by atoms with Gasteiger partial charge in [-0.25, -0.2) is 10.9 Å². The van der Waals surface area contributed by atoms with Gasteiger partial charge in [-0.3, -0.25) is 9.59 Å². The van der Waals surface area contributed by atoms with Crippen molar-refractivity contribution in [3.8, 4) is 11.5 Å². The number of carbonyl (C=O) groups is 2. The summed E-state index contributed by atoms with van der Waals surface area (Å²) in [6.07, 6.45) is 2.41. The SMILES string of the molecule is O=C(CCC(=O)N/N=C/c1cc(Br)ccc1O)N/N=C\c1cc(Br)ccc1O. The zero-order valence-electron chi connectivity index (χ0n) is 14.4. The summed E-state index contributed by atoms with van der Waals surface area (Å²) >= 11 is 6.54. The highest BCUT2D eigenvalue weighted by molar-refractivity contribution is 9.10. The highest BCUT2D eigenvalue weighted by Crippen LogP contribution is 2.20. The second kappa shape index (κ2) is 10.6. The average Bonchev–Trinajstić information content (AvgIpc) is 2.65. The molecule has 0 unspecified atom stereocenters. The molecule has 0 fully saturated rings. The number of carbonyl (C=O) groups excluding carboxylic acids is 2. The fourth-order valence-corrected chi connectivity index (χ4v) is 2.70. The monoisotopic (exact) mass is 510 g/mol. The van der Waals surface area contributed by atoms with E-state index in [1.807, 2.05) is 0 Å². The van der Waals surface area contributed by atoms with E-state index >= 15 is 0 Å². The average molecular weight is 512 g/mol. The first-order valence-electron chi connectivity index (χ1n) is 7.96. The molecule has 0 aliphatic carbocycles. The van der Waals surface area contributed by atoms with Crippen LogP contribution in [0.1, 0.15) is 24.0 Å². The molecule has 0 aliphatic rings. The van der Waals surface area contributed by atoms with Crippen LogP contribution in [-0.4, -0.2) is 34.5 Å². The van der Waals surface area contributed by atoms with Crippen molar-refractivity contribution in [3.05, 3.63) is 56.5 Å². The van der Waals surface area contributed by atoms with E-state index in [9.17, 15) is 19.8 Å². The molecule has 2 aromatic rings. The van der Waals surface area contributed by atoms with Crippen molar-refractivity contribution in [1.29, 1.82) is 0 Å². The molecule has 0 saturated carbocycles. The maximum atomic E-state index is 11.7. The third kappa shape index (κ3) is 7.12. The molecule has 0 radical (unpaired) electrons. The third-order valence-corrected chi connectivity index (χ3v) is 4.33. The first-order valence-corrected chi connectivity index (χ1v) is 9.54. The molecule has 0 aliphatic heterocycles. The molecule has 28 heavy (non-hydrogen) atoms. The number of hydrazone groups is 2. The van der Waals surface area contributed by atoms with Gasteiger partial charge in [0.2, 0.25) is 11.8 Å². The van der Waals surface area contributed by atoms with Gasteiger partial charge in [-0.1, -0.05) is 31.9 Å². The molecular formula is C18H16Br2N4O4. The molecular weight excluding hydrogens is 496 g/mol. The normalized spacial score (nSPS) is 11.1. The number of hydrogen-bond acceptors (Lipinski definition) is 6. The molecule has 0 atom stereocenters. The molecule has 10 heteroatoms. The number of halogens is 2. The van der Waals surface area contributed by atoms with Crippen molar-refractivity contribution >= 4 is 56.1 Å². The Bertz CT molecular complexity index is 856. The molecule has 0 spiro atoms. The predicted octanol–water partition coefficient (Wildman–Crippen LogP) is 3.00. The fraction of sp³-hybridized carbons (Fsp3) is 0.111. The van der Waals surface area contributed by atoms with Crippen LogP contribution in [0.3, 0.4) is 0 Å². The predicted molar refractivity (Wildman–Crippen MR) is 112 cm³/mol. The zero-order valence-corrected chi connectivity index (χ0v) is 17.6. The fourth-order valence-electron chi connectivity index (χ4n) is 1.94. The lowest BCUT2D eigenvalue weighted by Gasteiger charge is -2.02. The van der Waals surface area contributed by atoms with Gasteiger partial charge in [-0.15, -0.1) is 0 Å². The van der Waals surface area contributed by atoms with Crippen molar-refractivity contribution < 1.29 is 19.8 Å². The molecule has 2 rings (SSSR count). The zero-order chi connectivity index (χ0) is 20.5. The number of nitrogens with zero attached hydrogens (tertiary/aromatic N) is 2. The molecule has 2 aromatic carbocycles. The van der Waals surface area contributed by atoms with E-state index in [0.717, 1.165) is 8.95 Å². The number of phenols is 2. The highest BCUT2D eigenvalue weighted by atomic mass is 79.9. The minimum absolute atomic E-state index is 0.0231. The van der Waals surface area contributed by atoms with E-state index < -0.39 is 11.8 Å². The van der Waals surface area contributed by atoms with Crippen LogP contribution in [0, 0.1) is 0 Å². The number of amides is 2. The van der Waals surface area contributed by atoms with Gasteiger partial charge in [-0.2, -0.15) is 10.2 Å². The lowest BCUT2D eigenvalue weighted by molar-refractivity contribution is -0.126. The van der Waals surface area contributed by atoms with E-state index in [1.54, 1.807) is 24.3 Å². The molecule has 0 aromatic heterocycles. The standard InChI is InChI=1S/C18H16Br2N4O4/c19-13-1-3-15(25)11(7-13)9-21-23-17(27)5-6-18(28)24-22-10-12-8-14(20)2-4-16(12)26/h1-4,7-10,25-26H,5-6H2,(H,23,27)(H,24,28)/b21-9-,22-10+. The van der Waals surface area contributed by atoms with Gasteiger partial charge in [0.05, 0.1) is 12.4 Å². The van der Waals surface area contributed by atoms with Gasteiger partial charge < -0.3 is 10.2 Å². The lowest BCUT2D eigenvalue weighted by Crippen LogP contribution is -2.22. The van der Waals surface area contributed by atoms with Crippen LogP contribution in [0.2, 0.25) is 0 Å². The second-order valence-electron chi connectivity index (χ2n) is 5.49. The van der Waals surface area contributed by atoms with Gasteiger partial charge >= 0.3 is 0 Å². The highest BCUT2D eigenvalue weighted by Gasteiger charge is 2.06. The van der Waals surface area contributed by atoms with Crippen molar-refractivity contribution in [3.63, 3.8) is 0 Å². The Balaban J connectivity index is 1.75. The Hall–Kier alpha value is -2.72. The van der Waals surface area contributed by atoms with Crippen LogP contribution in [0.4, 0.5) is 0 Å². The summed E-state index contributed by atoms with van der Waals surface area (Å²) in [6.45, 7) is 0. The number of nitrogens with one attached hydrogen (secondary N) is 2. The van der Waals surface area contributed by atoms with Crippen molar-refractivity contribution in [2.45, 2.75) is 12.8 Å². The number of rotatable bonds is 7. The largest absolute Gasteiger partial charge is 0.507 e. The first kappa shape index (κ1) is 21.6. The molecule has 2 amide bonds. The molecule has 0 bridgehead atoms. The van der Waals surface area contributed by atoms with Gasteiger partial charge in [0.15, 0.2) is 0 Å². The Morgan fingerprint density at radius 2 is 1.21 bits per heavy atom. The van der Waals surface area contributed by atoms with Gasteiger partial charge in [0.1, 0.15) is 11.5 Å². The maximum absolute atomic E-state index is 11.7. The summed E-state index contributed by atoms with van der Waals surface area (Å²) in [5, 5.41) is 26.8. The molecule has 0 saturated heterocycles. The molecule has 4 N–H and O–H groups in total.